The molecule has 0 radical (unpaired) electrons. The first-order valence-electron chi connectivity index (χ1n) is 7.12. The van der Waals surface area contributed by atoms with Gasteiger partial charge in [0, 0.05) is 17.7 Å². The average Bonchev–Trinajstić information content (AvgIpc) is 2.93. The van der Waals surface area contributed by atoms with Crippen molar-refractivity contribution < 1.29 is 4.79 Å². The number of nitrogens with one attached hydrogen (secondary N) is 1. The highest BCUT2D eigenvalue weighted by Crippen LogP contribution is 2.35. The summed E-state index contributed by atoms with van der Waals surface area (Å²) in [6, 6.07) is 13.5. The van der Waals surface area contributed by atoms with Crippen molar-refractivity contribution in [2.75, 3.05) is 5.32 Å². The van der Waals surface area contributed by atoms with Crippen LogP contribution in [-0.4, -0.2) is 10.9 Å². The average molecular weight is 331 g/mol. The maximum atomic E-state index is 11.7. The van der Waals surface area contributed by atoms with E-state index in [1.807, 2.05) is 43.3 Å². The van der Waals surface area contributed by atoms with E-state index >= 15 is 0 Å². The molecule has 0 unspecified atom stereocenters. The number of nitrogens with zero attached hydrogens (tertiary/aromatic N) is 1. The fraction of sp³-hybridized carbons (Fsp3) is 0.176. The van der Waals surface area contributed by atoms with E-state index < -0.39 is 0 Å². The zero-order valence-electron chi connectivity index (χ0n) is 12.1. The Kier molecular flexibility index (Phi) is 4.41. The maximum absolute atomic E-state index is 11.7. The molecule has 3 aromatic rings. The number of hydrogen-bond donors (Lipinski definition) is 1. The van der Waals surface area contributed by atoms with Crippen LogP contribution in [0, 0.1) is 0 Å². The number of hydrogen-bond acceptors (Lipinski definition) is 3. The summed E-state index contributed by atoms with van der Waals surface area (Å²) in [6.45, 7) is 1.98. The molecule has 3 nitrogen and oxygen atoms in total. The summed E-state index contributed by atoms with van der Waals surface area (Å²) in [4.78, 5) is 16.4. The van der Waals surface area contributed by atoms with E-state index in [0.29, 0.717) is 11.4 Å². The molecule has 0 saturated carbocycles. The molecule has 5 heteroatoms. The zero-order chi connectivity index (χ0) is 15.5. The van der Waals surface area contributed by atoms with Gasteiger partial charge in [0.15, 0.2) is 0 Å². The highest BCUT2D eigenvalue weighted by Gasteiger charge is 2.11. The molecule has 1 N–H and O–H groups in total. The van der Waals surface area contributed by atoms with E-state index in [4.69, 9.17) is 11.6 Å². The molecule has 112 valence electrons. The van der Waals surface area contributed by atoms with Gasteiger partial charge in [0.1, 0.15) is 5.01 Å². The highest BCUT2D eigenvalue weighted by molar-refractivity contribution is 7.21. The number of thiazole rings is 1. The van der Waals surface area contributed by atoms with Crippen LogP contribution in [-0.2, 0) is 4.79 Å². The Hall–Kier alpha value is -1.91. The molecule has 0 bridgehead atoms. The molecular weight excluding hydrogens is 316 g/mol. The van der Waals surface area contributed by atoms with Crippen LogP contribution >= 0.6 is 22.9 Å². The monoisotopic (exact) mass is 330 g/mol. The minimum Gasteiger partial charge on any atom is -0.326 e. The Morgan fingerprint density at radius 3 is 2.86 bits per heavy atom. The van der Waals surface area contributed by atoms with Crippen molar-refractivity contribution in [3.63, 3.8) is 0 Å². The van der Waals surface area contributed by atoms with Gasteiger partial charge in [-0.25, -0.2) is 4.98 Å². The molecule has 1 amide bonds. The molecule has 0 fully saturated rings. The summed E-state index contributed by atoms with van der Waals surface area (Å²) in [7, 11) is 0. The van der Waals surface area contributed by atoms with Crippen LogP contribution < -0.4 is 5.32 Å². The molecule has 0 atom stereocenters. The summed E-state index contributed by atoms with van der Waals surface area (Å²) in [5, 5.41) is 4.38. The quantitative estimate of drug-likeness (QED) is 0.700. The van der Waals surface area contributed by atoms with Crippen LogP contribution in [0.5, 0.6) is 0 Å². The van der Waals surface area contributed by atoms with E-state index in [9.17, 15) is 4.79 Å². The van der Waals surface area contributed by atoms with Crippen molar-refractivity contribution in [1.29, 1.82) is 0 Å². The lowest BCUT2D eigenvalue weighted by atomic mass is 10.2. The van der Waals surface area contributed by atoms with Crippen molar-refractivity contribution >= 4 is 44.7 Å². The fourth-order valence-electron chi connectivity index (χ4n) is 2.20. The molecule has 1 aromatic heterocycles. The van der Waals surface area contributed by atoms with Gasteiger partial charge in [-0.2, -0.15) is 0 Å². The largest absolute Gasteiger partial charge is 0.326 e. The van der Waals surface area contributed by atoms with Gasteiger partial charge in [0.05, 0.1) is 15.2 Å². The summed E-state index contributed by atoms with van der Waals surface area (Å²) in [6.07, 6.45) is 1.34. The molecule has 3 rings (SSSR count). The number of amides is 1. The molecule has 0 aliphatic carbocycles. The number of anilines is 1. The van der Waals surface area contributed by atoms with Gasteiger partial charge < -0.3 is 5.32 Å². The molecule has 22 heavy (non-hydrogen) atoms. The van der Waals surface area contributed by atoms with E-state index in [1.165, 1.54) is 0 Å². The topological polar surface area (TPSA) is 42.0 Å². The lowest BCUT2D eigenvalue weighted by Crippen LogP contribution is -2.10. The number of carbonyl (C=O) groups excluding carboxylic acids is 1. The third-order valence-corrected chi connectivity index (χ3v) is 4.65. The molecular formula is C17H15ClN2OS. The van der Waals surface area contributed by atoms with Gasteiger partial charge in [-0.05, 0) is 36.8 Å². The first kappa shape index (κ1) is 15.0. The number of para-hydroxylation sites is 1. The normalized spacial score (nSPS) is 10.8. The lowest BCUT2D eigenvalue weighted by Gasteiger charge is -2.07. The van der Waals surface area contributed by atoms with Crippen LogP contribution in [0.4, 0.5) is 5.69 Å². The Morgan fingerprint density at radius 1 is 1.27 bits per heavy atom. The van der Waals surface area contributed by atoms with Crippen molar-refractivity contribution in [1.82, 2.24) is 4.98 Å². The second kappa shape index (κ2) is 6.46. The van der Waals surface area contributed by atoms with Crippen LogP contribution in [0.3, 0.4) is 0 Å². The second-order valence-corrected chi connectivity index (χ2v) is 6.42. The van der Waals surface area contributed by atoms with Crippen molar-refractivity contribution in [3.8, 4) is 10.6 Å². The van der Waals surface area contributed by atoms with E-state index in [2.05, 4.69) is 10.3 Å². The van der Waals surface area contributed by atoms with Crippen molar-refractivity contribution in [2.45, 2.75) is 19.8 Å². The van der Waals surface area contributed by atoms with Gasteiger partial charge in [-0.1, -0.05) is 30.7 Å². The summed E-state index contributed by atoms with van der Waals surface area (Å²) < 4.78 is 1.12. The summed E-state index contributed by atoms with van der Waals surface area (Å²) >= 11 is 7.90. The third kappa shape index (κ3) is 3.13. The first-order valence-corrected chi connectivity index (χ1v) is 8.32. The van der Waals surface area contributed by atoms with Crippen LogP contribution in [0.25, 0.3) is 20.8 Å². The first-order chi connectivity index (χ1) is 10.7. The predicted octanol–water partition coefficient (Wildman–Crippen LogP) is 5.36. The van der Waals surface area contributed by atoms with Crippen LogP contribution in [0.15, 0.2) is 42.5 Å². The number of rotatable bonds is 4. The van der Waals surface area contributed by atoms with E-state index in [0.717, 1.165) is 32.9 Å². The van der Waals surface area contributed by atoms with Gasteiger partial charge in [-0.15, -0.1) is 11.3 Å². The van der Waals surface area contributed by atoms with Crippen molar-refractivity contribution in [2.24, 2.45) is 0 Å². The van der Waals surface area contributed by atoms with E-state index in [-0.39, 0.29) is 5.91 Å². The van der Waals surface area contributed by atoms with Gasteiger partial charge in [0.2, 0.25) is 5.91 Å². The molecule has 0 aliphatic rings. The Labute approximate surface area is 138 Å². The molecule has 2 aromatic carbocycles. The summed E-state index contributed by atoms with van der Waals surface area (Å²) in [5.74, 6) is 0.0140. The minimum atomic E-state index is 0.0140. The van der Waals surface area contributed by atoms with Crippen LogP contribution in [0.1, 0.15) is 19.8 Å². The molecule has 0 spiro atoms. The molecule has 0 saturated heterocycles. The maximum Gasteiger partial charge on any atom is 0.224 e. The second-order valence-electron chi connectivity index (χ2n) is 4.98. The van der Waals surface area contributed by atoms with Gasteiger partial charge >= 0.3 is 0 Å². The molecule has 0 aliphatic heterocycles. The number of aromatic nitrogens is 1. The van der Waals surface area contributed by atoms with Crippen LogP contribution in [0.2, 0.25) is 5.02 Å². The third-order valence-electron chi connectivity index (χ3n) is 3.25. The smallest absolute Gasteiger partial charge is 0.224 e. The Bertz CT molecular complexity index is 795. The predicted molar refractivity (Wildman–Crippen MR) is 93.6 cm³/mol. The SMILES string of the molecule is CCCC(=O)Nc1ccc(Cl)c(-c2nc3ccccc3s2)c1. The number of halogens is 1. The molecule has 1 heterocycles. The lowest BCUT2D eigenvalue weighted by molar-refractivity contribution is -0.116. The minimum absolute atomic E-state index is 0.0140. The zero-order valence-corrected chi connectivity index (χ0v) is 13.7. The summed E-state index contributed by atoms with van der Waals surface area (Å²) in [5.41, 5.74) is 2.55. The van der Waals surface area contributed by atoms with Crippen molar-refractivity contribution in [3.05, 3.63) is 47.5 Å². The Balaban J connectivity index is 1.97. The number of fused-ring (bicyclic) bond motifs is 1. The van der Waals surface area contributed by atoms with Gasteiger partial charge in [-0.3, -0.25) is 4.79 Å². The standard InChI is InChI=1S/C17H15ClN2OS/c1-2-5-16(21)19-11-8-9-13(18)12(10-11)17-20-14-6-3-4-7-15(14)22-17/h3-4,6-10H,2,5H2,1H3,(H,19,21). The Morgan fingerprint density at radius 2 is 2.09 bits per heavy atom. The number of benzene rings is 2. The highest BCUT2D eigenvalue weighted by atomic mass is 35.5. The van der Waals surface area contributed by atoms with E-state index in [1.54, 1.807) is 17.4 Å². The fourth-order valence-corrected chi connectivity index (χ4v) is 3.46. The number of carbonyl (C=O) groups is 1. The van der Waals surface area contributed by atoms with Gasteiger partial charge in [0.25, 0.3) is 0 Å².